The summed E-state index contributed by atoms with van der Waals surface area (Å²) in [5, 5.41) is 24.0. The van der Waals surface area contributed by atoms with Gasteiger partial charge in [0.25, 0.3) is 0 Å². The predicted molar refractivity (Wildman–Crippen MR) is 88.7 cm³/mol. The van der Waals surface area contributed by atoms with Crippen molar-refractivity contribution in [2.45, 2.75) is 31.7 Å². The van der Waals surface area contributed by atoms with Gasteiger partial charge in [-0.1, -0.05) is 0 Å². The Balaban J connectivity index is 1.74. The summed E-state index contributed by atoms with van der Waals surface area (Å²) >= 11 is 0. The summed E-state index contributed by atoms with van der Waals surface area (Å²) in [7, 11) is 0. The van der Waals surface area contributed by atoms with Crippen molar-refractivity contribution in [2.75, 3.05) is 18.4 Å². The summed E-state index contributed by atoms with van der Waals surface area (Å²) in [5.41, 5.74) is -0.203. The largest absolute Gasteiger partial charge is 0.507 e. The summed E-state index contributed by atoms with van der Waals surface area (Å²) in [6.45, 7) is 2.29. The highest BCUT2D eigenvalue weighted by Gasteiger charge is 2.32. The maximum atomic E-state index is 13.1. The van der Waals surface area contributed by atoms with Crippen LogP contribution in [0.25, 0.3) is 11.3 Å². The molecule has 0 unspecified atom stereocenters. The van der Waals surface area contributed by atoms with Crippen LogP contribution in [0.1, 0.15) is 17.5 Å². The van der Waals surface area contributed by atoms with E-state index in [4.69, 9.17) is 0 Å². The highest BCUT2D eigenvalue weighted by atomic mass is 19.4. The molecule has 0 aliphatic carbocycles. The fourth-order valence-corrected chi connectivity index (χ4v) is 2.98. The second-order valence-corrected chi connectivity index (χ2v) is 6.31. The van der Waals surface area contributed by atoms with Gasteiger partial charge < -0.3 is 15.7 Å². The van der Waals surface area contributed by atoms with Gasteiger partial charge in [0.1, 0.15) is 17.7 Å². The van der Waals surface area contributed by atoms with Crippen LogP contribution in [0.15, 0.2) is 24.3 Å². The number of anilines is 1. The zero-order valence-electron chi connectivity index (χ0n) is 13.9. The number of rotatable bonds is 4. The molecule has 5 nitrogen and oxygen atoms in total. The Hall–Kier alpha value is -2.42. The van der Waals surface area contributed by atoms with E-state index in [9.17, 15) is 22.7 Å². The fraction of sp³-hybridized carbons (Fsp3) is 0.412. The Bertz CT molecular complexity index is 756. The Morgan fingerprint density at radius 2 is 2.04 bits per heavy atom. The van der Waals surface area contributed by atoms with Crippen LogP contribution >= 0.6 is 0 Å². The minimum absolute atomic E-state index is 0.00711. The maximum absolute atomic E-state index is 13.1. The first kappa shape index (κ1) is 18.4. The summed E-state index contributed by atoms with van der Waals surface area (Å²) in [6.07, 6.45) is -4.95. The van der Waals surface area contributed by atoms with Crippen molar-refractivity contribution in [2.24, 2.45) is 0 Å². The van der Waals surface area contributed by atoms with E-state index in [0.717, 1.165) is 6.07 Å². The molecule has 2 heterocycles. The number of phenols is 1. The summed E-state index contributed by atoms with van der Waals surface area (Å²) in [4.78, 5) is 0. The van der Waals surface area contributed by atoms with Crippen molar-refractivity contribution < 1.29 is 22.7 Å². The molecule has 0 radical (unpaired) electrons. The Kier molecular flexibility index (Phi) is 4.99. The molecule has 1 saturated heterocycles. The molecule has 0 amide bonds. The molecule has 9 heteroatoms. The molecule has 0 saturated carbocycles. The summed E-state index contributed by atoms with van der Waals surface area (Å²) in [5.74, 6) is -0.0432. The predicted octanol–water partition coefficient (Wildman–Crippen LogP) is 3.29. The quantitative estimate of drug-likeness (QED) is 0.721. The van der Waals surface area contributed by atoms with Crippen molar-refractivity contribution in [1.29, 1.82) is 0 Å². The molecule has 1 fully saturated rings. The van der Waals surface area contributed by atoms with Crippen LogP contribution in [0, 0.1) is 6.92 Å². The van der Waals surface area contributed by atoms with Gasteiger partial charge in [0.15, 0.2) is 0 Å². The van der Waals surface area contributed by atoms with Crippen molar-refractivity contribution >= 4 is 5.82 Å². The molecule has 1 aliphatic rings. The fourth-order valence-electron chi connectivity index (χ4n) is 2.98. The number of hydrogen-bond acceptors (Lipinski definition) is 5. The second-order valence-electron chi connectivity index (χ2n) is 6.31. The zero-order chi connectivity index (χ0) is 18.9. The maximum Gasteiger partial charge on any atom is 0.416 e. The van der Waals surface area contributed by atoms with Gasteiger partial charge in [0.2, 0.25) is 0 Å². The van der Waals surface area contributed by atoms with Gasteiger partial charge in [-0.3, -0.25) is 0 Å². The lowest BCUT2D eigenvalue weighted by atomic mass is 10.0. The topological polar surface area (TPSA) is 70.1 Å². The van der Waals surface area contributed by atoms with E-state index in [-0.39, 0.29) is 22.9 Å². The van der Waals surface area contributed by atoms with Gasteiger partial charge in [-0.15, -0.1) is 10.2 Å². The smallest absolute Gasteiger partial charge is 0.416 e. The SMILES string of the molecule is Cc1cc(C(F)(F)F)cc(O)c1-c1ccc(NC[C@H]2C[C@@H](F)CN2)nn1. The van der Waals surface area contributed by atoms with Gasteiger partial charge in [-0.2, -0.15) is 13.2 Å². The van der Waals surface area contributed by atoms with E-state index in [0.29, 0.717) is 31.4 Å². The molecule has 1 aromatic carbocycles. The van der Waals surface area contributed by atoms with Gasteiger partial charge >= 0.3 is 6.18 Å². The first-order valence-corrected chi connectivity index (χ1v) is 8.10. The third-order valence-electron chi connectivity index (χ3n) is 4.26. The minimum Gasteiger partial charge on any atom is -0.507 e. The van der Waals surface area contributed by atoms with E-state index >= 15 is 0 Å². The lowest BCUT2D eigenvalue weighted by Gasteiger charge is -2.14. The van der Waals surface area contributed by atoms with E-state index in [1.807, 2.05) is 0 Å². The average Bonchev–Trinajstić information content (AvgIpc) is 2.98. The molecule has 140 valence electrons. The van der Waals surface area contributed by atoms with Crippen LogP contribution in [0.3, 0.4) is 0 Å². The van der Waals surface area contributed by atoms with Gasteiger partial charge in [0, 0.05) is 24.7 Å². The Labute approximate surface area is 147 Å². The molecule has 0 bridgehead atoms. The number of halogens is 4. The summed E-state index contributed by atoms with van der Waals surface area (Å²) in [6, 6.07) is 4.82. The molecule has 3 N–H and O–H groups in total. The van der Waals surface area contributed by atoms with E-state index in [1.165, 1.54) is 6.92 Å². The normalized spacial score (nSPS) is 20.3. The molecule has 1 aromatic heterocycles. The lowest BCUT2D eigenvalue weighted by Crippen LogP contribution is -2.29. The van der Waals surface area contributed by atoms with E-state index in [1.54, 1.807) is 12.1 Å². The third-order valence-corrected chi connectivity index (χ3v) is 4.26. The van der Waals surface area contributed by atoms with Crippen LogP contribution in [-0.4, -0.2) is 40.6 Å². The molecule has 26 heavy (non-hydrogen) atoms. The van der Waals surface area contributed by atoms with Crippen LogP contribution in [0.4, 0.5) is 23.4 Å². The van der Waals surface area contributed by atoms with Crippen LogP contribution in [0.2, 0.25) is 0 Å². The molecular weight excluding hydrogens is 352 g/mol. The third kappa shape index (κ3) is 4.04. The first-order chi connectivity index (χ1) is 12.2. The number of aryl methyl sites for hydroxylation is 1. The number of nitrogens with zero attached hydrogens (tertiary/aromatic N) is 2. The van der Waals surface area contributed by atoms with Crippen molar-refractivity contribution in [1.82, 2.24) is 15.5 Å². The molecular formula is C17H18F4N4O. The molecule has 2 atom stereocenters. The molecule has 0 spiro atoms. The standard InChI is InChI=1S/C17H18F4N4O/c1-9-4-10(17(19,20)21)5-14(26)16(9)13-2-3-15(25-24-13)23-8-12-6-11(18)7-22-12/h2-5,11-12,22,26H,6-8H2,1H3,(H,23,25)/t11-,12-/m1/s1. The first-order valence-electron chi connectivity index (χ1n) is 8.10. The second kappa shape index (κ2) is 7.06. The number of phenolic OH excluding ortho intramolecular Hbond substituents is 1. The minimum atomic E-state index is -4.53. The molecule has 2 aromatic rings. The van der Waals surface area contributed by atoms with Gasteiger partial charge in [-0.25, -0.2) is 4.39 Å². The van der Waals surface area contributed by atoms with Crippen molar-refractivity contribution in [3.63, 3.8) is 0 Å². The number of hydrogen-bond donors (Lipinski definition) is 3. The van der Waals surface area contributed by atoms with Crippen molar-refractivity contribution in [3.8, 4) is 17.0 Å². The summed E-state index contributed by atoms with van der Waals surface area (Å²) < 4.78 is 51.5. The average molecular weight is 370 g/mol. The van der Waals surface area contributed by atoms with Gasteiger partial charge in [-0.05, 0) is 43.2 Å². The zero-order valence-corrected chi connectivity index (χ0v) is 13.9. The van der Waals surface area contributed by atoms with Crippen LogP contribution in [-0.2, 0) is 6.18 Å². The Morgan fingerprint density at radius 3 is 2.58 bits per heavy atom. The number of alkyl halides is 4. The van der Waals surface area contributed by atoms with E-state index < -0.39 is 23.7 Å². The molecule has 3 rings (SSSR count). The van der Waals surface area contributed by atoms with Crippen LogP contribution < -0.4 is 10.6 Å². The van der Waals surface area contributed by atoms with Crippen molar-refractivity contribution in [3.05, 3.63) is 35.4 Å². The molecule has 1 aliphatic heterocycles. The monoisotopic (exact) mass is 370 g/mol. The number of aromatic hydroxyl groups is 1. The number of aromatic nitrogens is 2. The lowest BCUT2D eigenvalue weighted by molar-refractivity contribution is -0.137. The van der Waals surface area contributed by atoms with E-state index in [2.05, 4.69) is 20.8 Å². The highest BCUT2D eigenvalue weighted by Crippen LogP contribution is 2.38. The highest BCUT2D eigenvalue weighted by molar-refractivity contribution is 5.71. The number of benzene rings is 1. The number of nitrogens with one attached hydrogen (secondary N) is 2. The Morgan fingerprint density at radius 1 is 1.27 bits per heavy atom. The van der Waals surface area contributed by atoms with Crippen LogP contribution in [0.5, 0.6) is 5.75 Å². The van der Waals surface area contributed by atoms with Gasteiger partial charge in [0.05, 0.1) is 11.3 Å².